The first-order valence-corrected chi connectivity index (χ1v) is 12.1. The number of carbonyl (C=O) groups is 1. The Balaban J connectivity index is 1.22. The molecule has 1 aliphatic heterocycles. The van der Waals surface area contributed by atoms with Crippen LogP contribution >= 0.6 is 0 Å². The highest BCUT2D eigenvalue weighted by Gasteiger charge is 2.31. The number of methoxy groups -OCH3 is 1. The Kier molecular flexibility index (Phi) is 6.69. The summed E-state index contributed by atoms with van der Waals surface area (Å²) in [5.74, 6) is 0.533. The lowest BCUT2D eigenvalue weighted by atomic mass is 9.95. The fraction of sp³-hybridized carbons (Fsp3) is 0.500. The molecule has 1 aliphatic carbocycles. The second kappa shape index (κ2) is 10.0. The minimum absolute atomic E-state index is 0.0535. The second-order valence-electron chi connectivity index (χ2n) is 9.39. The van der Waals surface area contributed by atoms with Crippen molar-refractivity contribution in [3.05, 3.63) is 59.7 Å². The quantitative estimate of drug-likeness (QED) is 0.531. The summed E-state index contributed by atoms with van der Waals surface area (Å²) in [4.78, 5) is 19.4. The van der Waals surface area contributed by atoms with Crippen LogP contribution in [-0.4, -0.2) is 76.6 Å². The maximum atomic E-state index is 13.2. The fourth-order valence-corrected chi connectivity index (χ4v) is 5.40. The van der Waals surface area contributed by atoms with Crippen molar-refractivity contribution in [2.45, 2.75) is 38.3 Å². The monoisotopic (exact) mass is 447 g/mol. The summed E-state index contributed by atoms with van der Waals surface area (Å²) in [6.45, 7) is 4.27. The van der Waals surface area contributed by atoms with Gasteiger partial charge >= 0.3 is 0 Å². The summed E-state index contributed by atoms with van der Waals surface area (Å²) in [6, 6.07) is 17.1. The molecule has 0 N–H and O–H groups in total. The van der Waals surface area contributed by atoms with Gasteiger partial charge in [-0.25, -0.2) is 0 Å². The molecule has 33 heavy (non-hydrogen) atoms. The highest BCUT2D eigenvalue weighted by molar-refractivity contribution is 5.77. The molecule has 0 bridgehead atoms. The molecule has 1 fully saturated rings. The van der Waals surface area contributed by atoms with Crippen LogP contribution in [0.5, 0.6) is 0 Å². The Hall–Kier alpha value is -2.77. The lowest BCUT2D eigenvalue weighted by Gasteiger charge is -2.38. The number of nitrogens with zero attached hydrogens (tertiary/aromatic N) is 5. The molecular weight excluding hydrogens is 414 g/mol. The first-order chi connectivity index (χ1) is 16.2. The van der Waals surface area contributed by atoms with Crippen molar-refractivity contribution in [3.8, 4) is 0 Å². The third-order valence-corrected chi connectivity index (χ3v) is 7.10. The number of carbonyl (C=O) groups excluding carboxylic acids is 1. The van der Waals surface area contributed by atoms with Crippen LogP contribution in [0.4, 0.5) is 0 Å². The van der Waals surface area contributed by atoms with Crippen molar-refractivity contribution < 1.29 is 9.53 Å². The standard InChI is InChI=1S/C26H33N5O2/c1-33-14-13-30(26(32)19-31-27-24-10-4-5-11-25(24)28-31)18-20-7-6-12-29(17-20)23-15-21-8-2-3-9-22(21)16-23/h2-5,8-11,20,23H,6-7,12-19H2,1H3/t20-/m1/s1. The predicted molar refractivity (Wildman–Crippen MR) is 128 cm³/mol. The first kappa shape index (κ1) is 22.0. The summed E-state index contributed by atoms with van der Waals surface area (Å²) in [6.07, 6.45) is 4.65. The average molecular weight is 448 g/mol. The van der Waals surface area contributed by atoms with Crippen molar-refractivity contribution in [2.75, 3.05) is 39.9 Å². The molecule has 0 spiro atoms. The van der Waals surface area contributed by atoms with Crippen molar-refractivity contribution in [1.29, 1.82) is 0 Å². The average Bonchev–Trinajstić information content (AvgIpc) is 3.45. The van der Waals surface area contributed by atoms with Crippen LogP contribution in [0.3, 0.4) is 0 Å². The maximum Gasteiger partial charge on any atom is 0.246 e. The summed E-state index contributed by atoms with van der Waals surface area (Å²) < 4.78 is 5.31. The first-order valence-electron chi connectivity index (χ1n) is 12.1. The molecule has 0 radical (unpaired) electrons. The third-order valence-electron chi connectivity index (χ3n) is 7.10. The van der Waals surface area contributed by atoms with Gasteiger partial charge in [0.25, 0.3) is 0 Å². The molecule has 1 aromatic heterocycles. The van der Waals surface area contributed by atoms with Gasteiger partial charge in [0.05, 0.1) is 6.61 Å². The van der Waals surface area contributed by atoms with Gasteiger partial charge in [-0.3, -0.25) is 9.69 Å². The van der Waals surface area contributed by atoms with Crippen LogP contribution in [0.1, 0.15) is 24.0 Å². The summed E-state index contributed by atoms with van der Waals surface area (Å²) in [5.41, 5.74) is 4.63. The minimum Gasteiger partial charge on any atom is -0.383 e. The number of likely N-dealkylation sites (tertiary alicyclic amines) is 1. The molecule has 5 rings (SSSR count). The van der Waals surface area contributed by atoms with E-state index < -0.39 is 0 Å². The van der Waals surface area contributed by atoms with Crippen LogP contribution in [0.15, 0.2) is 48.5 Å². The summed E-state index contributed by atoms with van der Waals surface area (Å²) in [7, 11) is 1.69. The number of hydrogen-bond acceptors (Lipinski definition) is 5. The van der Waals surface area contributed by atoms with Gasteiger partial charge in [0.2, 0.25) is 5.91 Å². The Morgan fingerprint density at radius 3 is 2.39 bits per heavy atom. The molecule has 2 aromatic carbocycles. The van der Waals surface area contributed by atoms with Gasteiger partial charge in [-0.05, 0) is 61.4 Å². The lowest BCUT2D eigenvalue weighted by molar-refractivity contribution is -0.134. The number of hydrogen-bond donors (Lipinski definition) is 0. The number of piperidine rings is 1. The summed E-state index contributed by atoms with van der Waals surface area (Å²) in [5, 5.41) is 8.93. The molecular formula is C26H33N5O2. The topological polar surface area (TPSA) is 63.5 Å². The highest BCUT2D eigenvalue weighted by atomic mass is 16.5. The van der Waals surface area contributed by atoms with E-state index in [2.05, 4.69) is 39.4 Å². The number of rotatable bonds is 8. The van der Waals surface area contributed by atoms with E-state index >= 15 is 0 Å². The van der Waals surface area contributed by atoms with E-state index in [0.29, 0.717) is 25.1 Å². The molecule has 1 atom stereocenters. The SMILES string of the molecule is COCCN(C[C@@H]1CCCN(C2Cc3ccccc3C2)C1)C(=O)Cn1nc2ccccc2n1. The van der Waals surface area contributed by atoms with Gasteiger partial charge in [0.15, 0.2) is 0 Å². The molecule has 1 saturated heterocycles. The van der Waals surface area contributed by atoms with Gasteiger partial charge in [0, 0.05) is 32.8 Å². The molecule has 1 amide bonds. The third kappa shape index (κ3) is 5.09. The fourth-order valence-electron chi connectivity index (χ4n) is 5.40. The van der Waals surface area contributed by atoms with Gasteiger partial charge in [0.1, 0.15) is 17.6 Å². The normalized spacial score (nSPS) is 19.1. The molecule has 3 aromatic rings. The van der Waals surface area contributed by atoms with E-state index in [4.69, 9.17) is 4.74 Å². The van der Waals surface area contributed by atoms with Crippen LogP contribution in [0.25, 0.3) is 11.0 Å². The van der Waals surface area contributed by atoms with E-state index in [1.807, 2.05) is 29.2 Å². The van der Waals surface area contributed by atoms with Crippen LogP contribution < -0.4 is 0 Å². The number of ether oxygens (including phenoxy) is 1. The molecule has 0 unspecified atom stereocenters. The minimum atomic E-state index is 0.0535. The molecule has 2 heterocycles. The van der Waals surface area contributed by atoms with Gasteiger partial charge in [-0.15, -0.1) is 0 Å². The van der Waals surface area contributed by atoms with E-state index in [1.54, 1.807) is 7.11 Å². The number of benzene rings is 2. The largest absolute Gasteiger partial charge is 0.383 e. The van der Waals surface area contributed by atoms with Crippen LogP contribution in [-0.2, 0) is 28.9 Å². The Morgan fingerprint density at radius 2 is 1.73 bits per heavy atom. The van der Waals surface area contributed by atoms with Crippen molar-refractivity contribution in [3.63, 3.8) is 0 Å². The number of fused-ring (bicyclic) bond motifs is 2. The van der Waals surface area contributed by atoms with Crippen molar-refractivity contribution >= 4 is 16.9 Å². The zero-order valence-corrected chi connectivity index (χ0v) is 19.4. The Labute approximate surface area is 195 Å². The number of aromatic nitrogens is 3. The van der Waals surface area contributed by atoms with E-state index in [0.717, 1.165) is 49.9 Å². The highest BCUT2D eigenvalue weighted by Crippen LogP contribution is 2.29. The van der Waals surface area contributed by atoms with Gasteiger partial charge in [-0.1, -0.05) is 36.4 Å². The Morgan fingerprint density at radius 1 is 1.06 bits per heavy atom. The van der Waals surface area contributed by atoms with Crippen molar-refractivity contribution in [2.24, 2.45) is 5.92 Å². The zero-order valence-electron chi connectivity index (χ0n) is 19.4. The van der Waals surface area contributed by atoms with Gasteiger partial charge < -0.3 is 9.64 Å². The van der Waals surface area contributed by atoms with Crippen molar-refractivity contribution in [1.82, 2.24) is 24.8 Å². The van der Waals surface area contributed by atoms with Crippen LogP contribution in [0.2, 0.25) is 0 Å². The van der Waals surface area contributed by atoms with Crippen LogP contribution in [0, 0.1) is 5.92 Å². The van der Waals surface area contributed by atoms with Gasteiger partial charge in [-0.2, -0.15) is 15.0 Å². The molecule has 0 saturated carbocycles. The van der Waals surface area contributed by atoms with E-state index in [-0.39, 0.29) is 12.5 Å². The molecule has 174 valence electrons. The van der Waals surface area contributed by atoms with E-state index in [9.17, 15) is 4.79 Å². The maximum absolute atomic E-state index is 13.2. The second-order valence-corrected chi connectivity index (χ2v) is 9.39. The zero-order chi connectivity index (χ0) is 22.6. The summed E-state index contributed by atoms with van der Waals surface area (Å²) >= 11 is 0. The molecule has 7 nitrogen and oxygen atoms in total. The number of amides is 1. The molecule has 2 aliphatic rings. The predicted octanol–water partition coefficient (Wildman–Crippen LogP) is 2.79. The lowest BCUT2D eigenvalue weighted by Crippen LogP contribution is -2.48. The molecule has 7 heteroatoms. The smallest absolute Gasteiger partial charge is 0.246 e. The Bertz CT molecular complexity index is 1040. The van der Waals surface area contributed by atoms with E-state index in [1.165, 1.54) is 22.3 Å².